The molecular formula is C9H9N5OS. The molecule has 2 heterocycles. The maximum absolute atomic E-state index is 11.7. The standard InChI is InChI=1S/C9H9N5OS/c10-7(6-2-1-5-16-6)8(15)13-9-11-3-4-12-14-9/h1-5,7H,10H2,(H,11,13,14,15). The predicted octanol–water partition coefficient (Wildman–Crippen LogP) is 0.572. The Balaban J connectivity index is 2.04. The van der Waals surface area contributed by atoms with Crippen LogP contribution in [-0.4, -0.2) is 21.1 Å². The number of nitrogens with one attached hydrogen (secondary N) is 1. The van der Waals surface area contributed by atoms with Crippen LogP contribution >= 0.6 is 11.3 Å². The van der Waals surface area contributed by atoms with E-state index in [1.807, 2.05) is 11.4 Å². The number of hydrogen-bond donors (Lipinski definition) is 2. The Morgan fingerprint density at radius 2 is 2.38 bits per heavy atom. The van der Waals surface area contributed by atoms with Gasteiger partial charge in [-0.3, -0.25) is 10.1 Å². The molecule has 0 fully saturated rings. The first kappa shape index (κ1) is 10.7. The van der Waals surface area contributed by atoms with Gasteiger partial charge in [-0.15, -0.1) is 16.4 Å². The number of nitrogens with zero attached hydrogens (tertiary/aromatic N) is 3. The summed E-state index contributed by atoms with van der Waals surface area (Å²) in [4.78, 5) is 16.3. The van der Waals surface area contributed by atoms with Gasteiger partial charge in [-0.05, 0) is 11.4 Å². The van der Waals surface area contributed by atoms with Crippen molar-refractivity contribution >= 4 is 23.2 Å². The first-order chi connectivity index (χ1) is 7.77. The lowest BCUT2D eigenvalue weighted by Gasteiger charge is -2.08. The van der Waals surface area contributed by atoms with Crippen LogP contribution in [-0.2, 0) is 4.79 Å². The summed E-state index contributed by atoms with van der Waals surface area (Å²) in [5.74, 6) is -0.199. The van der Waals surface area contributed by atoms with Gasteiger partial charge < -0.3 is 5.73 Å². The average molecular weight is 235 g/mol. The molecule has 0 saturated carbocycles. The molecule has 0 spiro atoms. The number of carbonyl (C=O) groups is 1. The van der Waals surface area contributed by atoms with Crippen LogP contribution in [0.4, 0.5) is 5.95 Å². The quantitative estimate of drug-likeness (QED) is 0.811. The largest absolute Gasteiger partial charge is 0.316 e. The van der Waals surface area contributed by atoms with Gasteiger partial charge in [0.1, 0.15) is 6.04 Å². The SMILES string of the molecule is NC(C(=O)Nc1nccnn1)c1cccs1. The molecule has 1 unspecified atom stereocenters. The Bertz CT molecular complexity index is 458. The third-order valence-electron chi connectivity index (χ3n) is 1.85. The number of aromatic nitrogens is 3. The van der Waals surface area contributed by atoms with Gasteiger partial charge in [0.25, 0.3) is 0 Å². The van der Waals surface area contributed by atoms with Crippen molar-refractivity contribution in [1.82, 2.24) is 15.2 Å². The molecule has 0 aliphatic rings. The molecule has 1 amide bonds. The molecule has 0 radical (unpaired) electrons. The fourth-order valence-electron chi connectivity index (χ4n) is 1.09. The Labute approximate surface area is 95.5 Å². The van der Waals surface area contributed by atoms with Crippen molar-refractivity contribution in [3.8, 4) is 0 Å². The molecular weight excluding hydrogens is 226 g/mol. The lowest BCUT2D eigenvalue weighted by atomic mass is 10.2. The van der Waals surface area contributed by atoms with Crippen LogP contribution in [0.5, 0.6) is 0 Å². The van der Waals surface area contributed by atoms with Gasteiger partial charge in [0.15, 0.2) is 0 Å². The molecule has 0 aliphatic heterocycles. The maximum Gasteiger partial charge on any atom is 0.249 e. The molecule has 0 aliphatic carbocycles. The Morgan fingerprint density at radius 1 is 1.50 bits per heavy atom. The van der Waals surface area contributed by atoms with E-state index in [1.165, 1.54) is 23.7 Å². The van der Waals surface area contributed by atoms with Gasteiger partial charge in [-0.1, -0.05) is 6.07 Å². The zero-order chi connectivity index (χ0) is 11.4. The van der Waals surface area contributed by atoms with Crippen molar-refractivity contribution < 1.29 is 4.79 Å². The van der Waals surface area contributed by atoms with Crippen molar-refractivity contribution in [1.29, 1.82) is 0 Å². The molecule has 1 atom stereocenters. The zero-order valence-electron chi connectivity index (χ0n) is 8.20. The van der Waals surface area contributed by atoms with E-state index in [0.717, 1.165) is 4.88 Å². The Morgan fingerprint density at radius 3 is 3.00 bits per heavy atom. The van der Waals surface area contributed by atoms with Gasteiger partial charge in [0.2, 0.25) is 11.9 Å². The summed E-state index contributed by atoms with van der Waals surface area (Å²) >= 11 is 1.43. The highest BCUT2D eigenvalue weighted by Crippen LogP contribution is 2.17. The van der Waals surface area contributed by atoms with Crippen LogP contribution in [0.2, 0.25) is 0 Å². The lowest BCUT2D eigenvalue weighted by Crippen LogP contribution is -2.27. The Hall–Kier alpha value is -1.86. The zero-order valence-corrected chi connectivity index (χ0v) is 9.02. The number of carbonyl (C=O) groups excluding carboxylic acids is 1. The molecule has 0 bridgehead atoms. The van der Waals surface area contributed by atoms with Crippen LogP contribution in [0.15, 0.2) is 29.9 Å². The topological polar surface area (TPSA) is 93.8 Å². The highest BCUT2D eigenvalue weighted by atomic mass is 32.1. The minimum Gasteiger partial charge on any atom is -0.316 e. The van der Waals surface area contributed by atoms with E-state index in [0.29, 0.717) is 0 Å². The van der Waals surface area contributed by atoms with Gasteiger partial charge in [-0.2, -0.15) is 5.10 Å². The molecule has 0 aromatic carbocycles. The number of thiophene rings is 1. The lowest BCUT2D eigenvalue weighted by molar-refractivity contribution is -0.117. The smallest absolute Gasteiger partial charge is 0.249 e. The first-order valence-corrected chi connectivity index (χ1v) is 5.39. The molecule has 3 N–H and O–H groups in total. The van der Waals surface area contributed by atoms with Gasteiger partial charge in [0.05, 0.1) is 12.4 Å². The van der Waals surface area contributed by atoms with Gasteiger partial charge >= 0.3 is 0 Å². The predicted molar refractivity (Wildman–Crippen MR) is 59.7 cm³/mol. The fraction of sp³-hybridized carbons (Fsp3) is 0.111. The van der Waals surface area contributed by atoms with Crippen molar-refractivity contribution in [3.05, 3.63) is 34.8 Å². The van der Waals surface area contributed by atoms with E-state index in [4.69, 9.17) is 5.73 Å². The van der Waals surface area contributed by atoms with E-state index in [1.54, 1.807) is 6.07 Å². The number of amides is 1. The minimum absolute atomic E-state index is 0.152. The molecule has 6 nitrogen and oxygen atoms in total. The molecule has 2 rings (SSSR count). The first-order valence-electron chi connectivity index (χ1n) is 4.51. The highest BCUT2D eigenvalue weighted by Gasteiger charge is 2.17. The summed E-state index contributed by atoms with van der Waals surface area (Å²) in [5, 5.41) is 11.6. The van der Waals surface area contributed by atoms with E-state index >= 15 is 0 Å². The monoisotopic (exact) mass is 235 g/mol. The summed E-state index contributed by atoms with van der Waals surface area (Å²) < 4.78 is 0. The second kappa shape index (κ2) is 4.77. The highest BCUT2D eigenvalue weighted by molar-refractivity contribution is 7.10. The van der Waals surface area contributed by atoms with Crippen LogP contribution in [0.25, 0.3) is 0 Å². The number of anilines is 1. The Kier molecular flexibility index (Phi) is 3.18. The second-order valence-corrected chi connectivity index (χ2v) is 3.93. The number of hydrogen-bond acceptors (Lipinski definition) is 6. The normalized spacial score (nSPS) is 12.1. The average Bonchev–Trinajstić information content (AvgIpc) is 2.83. The summed E-state index contributed by atoms with van der Waals surface area (Å²) in [6.45, 7) is 0. The number of nitrogens with two attached hydrogens (primary N) is 1. The number of rotatable bonds is 3. The minimum atomic E-state index is -0.705. The maximum atomic E-state index is 11.7. The summed E-state index contributed by atoms with van der Waals surface area (Å²) in [5.41, 5.74) is 5.75. The van der Waals surface area contributed by atoms with Crippen molar-refractivity contribution in [3.63, 3.8) is 0 Å². The molecule has 7 heteroatoms. The van der Waals surface area contributed by atoms with E-state index in [-0.39, 0.29) is 11.9 Å². The van der Waals surface area contributed by atoms with E-state index in [2.05, 4.69) is 20.5 Å². The van der Waals surface area contributed by atoms with Gasteiger partial charge in [0, 0.05) is 4.88 Å². The van der Waals surface area contributed by atoms with Crippen LogP contribution in [0.3, 0.4) is 0 Å². The molecule has 2 aromatic rings. The van der Waals surface area contributed by atoms with Crippen LogP contribution in [0, 0.1) is 0 Å². The summed E-state index contributed by atoms with van der Waals surface area (Å²) in [6, 6.07) is 2.94. The molecule has 0 saturated heterocycles. The summed E-state index contributed by atoms with van der Waals surface area (Å²) in [7, 11) is 0. The van der Waals surface area contributed by atoms with Crippen molar-refractivity contribution in [2.24, 2.45) is 5.73 Å². The third kappa shape index (κ3) is 2.38. The van der Waals surface area contributed by atoms with E-state index in [9.17, 15) is 4.79 Å². The molecule has 82 valence electrons. The third-order valence-corrected chi connectivity index (χ3v) is 2.81. The van der Waals surface area contributed by atoms with Crippen molar-refractivity contribution in [2.45, 2.75) is 6.04 Å². The van der Waals surface area contributed by atoms with Gasteiger partial charge in [-0.25, -0.2) is 4.98 Å². The van der Waals surface area contributed by atoms with Crippen LogP contribution < -0.4 is 11.1 Å². The molecule has 2 aromatic heterocycles. The van der Waals surface area contributed by atoms with Crippen molar-refractivity contribution in [2.75, 3.05) is 5.32 Å². The second-order valence-electron chi connectivity index (χ2n) is 2.95. The van der Waals surface area contributed by atoms with Crippen LogP contribution in [0.1, 0.15) is 10.9 Å². The summed E-state index contributed by atoms with van der Waals surface area (Å²) in [6.07, 6.45) is 2.87. The van der Waals surface area contributed by atoms with E-state index < -0.39 is 6.04 Å². The molecule has 16 heavy (non-hydrogen) atoms. The fourth-order valence-corrected chi connectivity index (χ4v) is 1.82.